The molecule has 3 saturated heterocycles. The average Bonchev–Trinajstić information content (AvgIpc) is 3.46. The molecule has 7 heteroatoms. The van der Waals surface area contributed by atoms with Gasteiger partial charge in [-0.05, 0) is 50.2 Å². The summed E-state index contributed by atoms with van der Waals surface area (Å²) in [5.74, 6) is -0.466. The van der Waals surface area contributed by atoms with E-state index in [1.165, 1.54) is 51.9 Å². The molecule has 5 rings (SSSR count). The summed E-state index contributed by atoms with van der Waals surface area (Å²) in [4.78, 5) is 24.6. The second kappa shape index (κ2) is 7.25. The lowest BCUT2D eigenvalue weighted by Crippen LogP contribution is -2.35. The second-order valence-electron chi connectivity index (χ2n) is 7.96. The molecular weight excluding hydrogens is 359 g/mol. The first-order valence-electron chi connectivity index (χ1n) is 10.3. The van der Waals surface area contributed by atoms with E-state index >= 15 is 0 Å². The Bertz CT molecular complexity index is 742. The molecule has 1 N–H and O–H groups in total. The zero-order valence-corrected chi connectivity index (χ0v) is 16.6. The number of nitrogens with zero attached hydrogens (tertiary/aromatic N) is 3. The fourth-order valence-corrected chi connectivity index (χ4v) is 8.17. The van der Waals surface area contributed by atoms with Crippen molar-refractivity contribution < 1.29 is 9.59 Å². The number of hydrogen-bond acceptors (Lipinski definition) is 5. The van der Waals surface area contributed by atoms with Gasteiger partial charge >= 0.3 is 0 Å². The van der Waals surface area contributed by atoms with Crippen molar-refractivity contribution in [1.82, 2.24) is 19.3 Å². The molecule has 1 unspecified atom stereocenters. The highest BCUT2D eigenvalue weighted by Crippen LogP contribution is 2.57. The summed E-state index contributed by atoms with van der Waals surface area (Å²) in [7, 11) is -0.476. The van der Waals surface area contributed by atoms with Crippen LogP contribution in [-0.2, 0) is 0 Å². The molecule has 27 heavy (non-hydrogen) atoms. The molecule has 1 aromatic carbocycles. The summed E-state index contributed by atoms with van der Waals surface area (Å²) >= 11 is 0. The van der Waals surface area contributed by atoms with Gasteiger partial charge in [0.2, 0.25) is 0 Å². The van der Waals surface area contributed by atoms with Gasteiger partial charge in [-0.25, -0.2) is 4.67 Å². The predicted octanol–water partition coefficient (Wildman–Crippen LogP) is 3.13. The molecule has 1 atom stereocenters. The van der Waals surface area contributed by atoms with Gasteiger partial charge in [0.05, 0.1) is 11.1 Å². The van der Waals surface area contributed by atoms with Crippen LogP contribution >= 0.6 is 8.37 Å². The quantitative estimate of drug-likeness (QED) is 0.637. The monoisotopic (exact) mass is 386 g/mol. The van der Waals surface area contributed by atoms with Crippen molar-refractivity contribution in [3.63, 3.8) is 0 Å². The molecule has 2 amide bonds. The predicted molar refractivity (Wildman–Crippen MR) is 105 cm³/mol. The standard InChI is InChI=1S/C20H27N4O2P/c25-19-16-8-5-7-15(18(16)20(26)21-19)17-9-6-14-24(17)27(22-10-1-2-11-22)23-12-3-4-13-23/h5,7-8,17H,1-4,6,9-14H2,(H,21,25,26). The number of amides is 2. The number of imide groups is 1. The fourth-order valence-electron chi connectivity index (χ4n) is 5.07. The fraction of sp³-hybridized carbons (Fsp3) is 0.600. The summed E-state index contributed by atoms with van der Waals surface area (Å²) < 4.78 is 8.08. The van der Waals surface area contributed by atoms with Crippen molar-refractivity contribution in [2.45, 2.75) is 44.6 Å². The Morgan fingerprint density at radius 1 is 0.852 bits per heavy atom. The number of hydrogen-bond donors (Lipinski definition) is 1. The van der Waals surface area contributed by atoms with Crippen LogP contribution in [0.2, 0.25) is 0 Å². The third-order valence-corrected chi connectivity index (χ3v) is 9.03. The topological polar surface area (TPSA) is 55.9 Å². The van der Waals surface area contributed by atoms with E-state index in [4.69, 9.17) is 0 Å². The Hall–Kier alpha value is -1.33. The molecule has 3 fully saturated rings. The van der Waals surface area contributed by atoms with Crippen molar-refractivity contribution in [3.05, 3.63) is 34.9 Å². The number of fused-ring (bicyclic) bond motifs is 1. The van der Waals surface area contributed by atoms with E-state index in [2.05, 4.69) is 25.4 Å². The summed E-state index contributed by atoms with van der Waals surface area (Å²) in [5.41, 5.74) is 2.23. The van der Waals surface area contributed by atoms with Gasteiger partial charge in [-0.2, -0.15) is 0 Å². The molecule has 6 nitrogen and oxygen atoms in total. The van der Waals surface area contributed by atoms with Gasteiger partial charge in [0.25, 0.3) is 11.8 Å². The molecule has 0 saturated carbocycles. The molecule has 0 aliphatic carbocycles. The Kier molecular flexibility index (Phi) is 4.76. The third kappa shape index (κ3) is 3.03. The van der Waals surface area contributed by atoms with Crippen LogP contribution in [0.25, 0.3) is 0 Å². The Morgan fingerprint density at radius 2 is 1.52 bits per heavy atom. The molecule has 144 valence electrons. The van der Waals surface area contributed by atoms with Crippen LogP contribution in [0.1, 0.15) is 70.8 Å². The highest BCUT2D eigenvalue weighted by Gasteiger charge is 2.42. The van der Waals surface area contributed by atoms with Crippen LogP contribution in [0.15, 0.2) is 18.2 Å². The van der Waals surface area contributed by atoms with Gasteiger partial charge in [-0.1, -0.05) is 12.1 Å². The van der Waals surface area contributed by atoms with Crippen molar-refractivity contribution in [2.75, 3.05) is 32.7 Å². The zero-order chi connectivity index (χ0) is 18.4. The van der Waals surface area contributed by atoms with E-state index in [1.807, 2.05) is 6.07 Å². The number of benzene rings is 1. The minimum absolute atomic E-state index is 0.218. The first kappa shape index (κ1) is 17.7. The maximum absolute atomic E-state index is 12.5. The van der Waals surface area contributed by atoms with E-state index in [9.17, 15) is 9.59 Å². The Labute approximate surface area is 161 Å². The van der Waals surface area contributed by atoms with Gasteiger partial charge in [-0.15, -0.1) is 0 Å². The highest BCUT2D eigenvalue weighted by molar-refractivity contribution is 7.50. The van der Waals surface area contributed by atoms with Crippen molar-refractivity contribution in [2.24, 2.45) is 0 Å². The SMILES string of the molecule is O=C1NC(=O)c2c1cccc2C1CCCN1P(N1CCCC1)N1CCCC1. The lowest BCUT2D eigenvalue weighted by molar-refractivity contribution is 0.0879. The molecule has 4 heterocycles. The molecule has 0 radical (unpaired) electrons. The summed E-state index contributed by atoms with van der Waals surface area (Å²) in [5, 5.41) is 2.49. The average molecular weight is 386 g/mol. The molecule has 4 aliphatic rings. The van der Waals surface area contributed by atoms with Gasteiger partial charge in [0, 0.05) is 38.8 Å². The minimum Gasteiger partial charge on any atom is -0.288 e. The van der Waals surface area contributed by atoms with Crippen LogP contribution in [0.4, 0.5) is 0 Å². The first-order chi connectivity index (χ1) is 13.2. The maximum atomic E-state index is 12.5. The van der Waals surface area contributed by atoms with Crippen molar-refractivity contribution in [1.29, 1.82) is 0 Å². The van der Waals surface area contributed by atoms with Gasteiger partial charge in [0.1, 0.15) is 8.37 Å². The smallest absolute Gasteiger partial charge is 0.259 e. The van der Waals surface area contributed by atoms with Gasteiger partial charge < -0.3 is 0 Å². The first-order valence-corrected chi connectivity index (χ1v) is 11.5. The normalized spacial score (nSPS) is 27.1. The number of rotatable bonds is 4. The second-order valence-corrected chi connectivity index (χ2v) is 10.1. The van der Waals surface area contributed by atoms with Crippen LogP contribution < -0.4 is 5.32 Å². The maximum Gasteiger partial charge on any atom is 0.259 e. The minimum atomic E-state index is -0.476. The van der Waals surface area contributed by atoms with Crippen molar-refractivity contribution in [3.8, 4) is 0 Å². The van der Waals surface area contributed by atoms with Crippen LogP contribution in [-0.4, -0.2) is 58.5 Å². The van der Waals surface area contributed by atoms with Gasteiger partial charge in [0.15, 0.2) is 0 Å². The highest BCUT2D eigenvalue weighted by atomic mass is 31.2. The van der Waals surface area contributed by atoms with E-state index < -0.39 is 8.37 Å². The lowest BCUT2D eigenvalue weighted by atomic mass is 9.96. The molecule has 0 bridgehead atoms. The summed E-state index contributed by atoms with van der Waals surface area (Å²) in [6, 6.07) is 6.03. The van der Waals surface area contributed by atoms with E-state index in [-0.39, 0.29) is 17.9 Å². The molecule has 1 aromatic rings. The van der Waals surface area contributed by atoms with E-state index in [1.54, 1.807) is 6.07 Å². The number of carbonyl (C=O) groups is 2. The zero-order valence-electron chi connectivity index (χ0n) is 15.7. The largest absolute Gasteiger partial charge is 0.288 e. The summed E-state index contributed by atoms with van der Waals surface area (Å²) in [6.07, 6.45) is 7.40. The van der Waals surface area contributed by atoms with Crippen LogP contribution in [0.5, 0.6) is 0 Å². The number of carbonyl (C=O) groups excluding carboxylic acids is 2. The van der Waals surface area contributed by atoms with Crippen LogP contribution in [0.3, 0.4) is 0 Å². The Morgan fingerprint density at radius 3 is 2.19 bits per heavy atom. The third-order valence-electron chi connectivity index (χ3n) is 6.28. The van der Waals surface area contributed by atoms with Crippen LogP contribution in [0, 0.1) is 0 Å². The van der Waals surface area contributed by atoms with Gasteiger partial charge in [-0.3, -0.25) is 24.2 Å². The Balaban J connectivity index is 1.51. The van der Waals surface area contributed by atoms with E-state index in [0.29, 0.717) is 11.1 Å². The molecular formula is C20H27N4O2P. The molecule has 0 aromatic heterocycles. The van der Waals surface area contributed by atoms with Crippen molar-refractivity contribution >= 4 is 20.2 Å². The number of nitrogens with one attached hydrogen (secondary N) is 1. The lowest BCUT2D eigenvalue weighted by Gasteiger charge is -2.43. The van der Waals surface area contributed by atoms with E-state index in [0.717, 1.165) is 24.9 Å². The summed E-state index contributed by atoms with van der Waals surface area (Å²) in [6.45, 7) is 5.85. The molecule has 4 aliphatic heterocycles. The molecule has 0 spiro atoms.